The molecule has 0 amide bonds. The molecule has 4 nitrogen and oxygen atoms in total. The summed E-state index contributed by atoms with van der Waals surface area (Å²) in [5.41, 5.74) is 0.292. The van der Waals surface area contributed by atoms with Gasteiger partial charge < -0.3 is 10.2 Å². The van der Waals surface area contributed by atoms with E-state index in [2.05, 4.69) is 18.4 Å². The fraction of sp³-hybridized carbons (Fsp3) is 0.850. The van der Waals surface area contributed by atoms with Gasteiger partial charge in [0.05, 0.1) is 6.10 Å². The number of rotatable bonds is 0. The standard InChI is InChI=1S/C20H25NO3/c1-9-4-18-7-20(24)16-17(2)5-10(22)6-19(16)12(18)3-11(9)14(23)13(18)15(19)21(20)8-17/h10-13,15-16,22,24H,1,3-8H2,2H3/t10-,11-,12+,13+,15+,16+,17+,18+,19-,20+/m0/s1. The highest BCUT2D eigenvalue weighted by molar-refractivity contribution is 5.91. The molecule has 3 aliphatic heterocycles. The van der Waals surface area contributed by atoms with Gasteiger partial charge in [0.25, 0.3) is 0 Å². The molecule has 9 rings (SSSR count). The molecule has 9 aliphatic rings. The van der Waals surface area contributed by atoms with Crippen molar-refractivity contribution in [3.63, 3.8) is 0 Å². The van der Waals surface area contributed by atoms with Crippen LogP contribution in [0.4, 0.5) is 0 Å². The Bertz CT molecular complexity index is 764. The third-order valence-electron chi connectivity index (χ3n) is 9.94. The van der Waals surface area contributed by atoms with Gasteiger partial charge in [0, 0.05) is 35.8 Å². The van der Waals surface area contributed by atoms with Crippen molar-refractivity contribution in [2.75, 3.05) is 6.54 Å². The van der Waals surface area contributed by atoms with Crippen molar-refractivity contribution in [1.29, 1.82) is 0 Å². The van der Waals surface area contributed by atoms with E-state index in [9.17, 15) is 15.0 Å². The van der Waals surface area contributed by atoms with Crippen LogP contribution in [0, 0.1) is 39.9 Å². The number of Topliss-reactive ketones (excluding diaryl/α,β-unsaturated/α-hetero) is 1. The summed E-state index contributed by atoms with van der Waals surface area (Å²) in [5, 5.41) is 22.6. The van der Waals surface area contributed by atoms with Crippen molar-refractivity contribution in [2.24, 2.45) is 39.9 Å². The zero-order valence-corrected chi connectivity index (χ0v) is 14.2. The maximum Gasteiger partial charge on any atom is 0.145 e. The Balaban J connectivity index is 1.56. The molecule has 6 saturated carbocycles. The monoisotopic (exact) mass is 327 g/mol. The molecule has 0 radical (unpaired) electrons. The molecule has 24 heavy (non-hydrogen) atoms. The van der Waals surface area contributed by atoms with Crippen molar-refractivity contribution in [3.8, 4) is 0 Å². The van der Waals surface area contributed by atoms with Gasteiger partial charge in [-0.1, -0.05) is 19.1 Å². The van der Waals surface area contributed by atoms with E-state index in [-0.39, 0.29) is 46.1 Å². The Morgan fingerprint density at radius 2 is 2.12 bits per heavy atom. The van der Waals surface area contributed by atoms with E-state index in [1.807, 2.05) is 0 Å². The van der Waals surface area contributed by atoms with Crippen LogP contribution in [0.25, 0.3) is 0 Å². The maximum atomic E-state index is 13.3. The molecule has 0 aromatic heterocycles. The van der Waals surface area contributed by atoms with Gasteiger partial charge in [-0.15, -0.1) is 0 Å². The molecular formula is C20H25NO3. The fourth-order valence-electron chi connectivity index (χ4n) is 10.4. The van der Waals surface area contributed by atoms with E-state index in [0.717, 1.165) is 44.2 Å². The van der Waals surface area contributed by atoms with Gasteiger partial charge in [0.15, 0.2) is 0 Å². The number of carbonyl (C=O) groups excluding carboxylic acids is 1. The lowest BCUT2D eigenvalue weighted by Crippen LogP contribution is -2.66. The van der Waals surface area contributed by atoms with Crippen molar-refractivity contribution < 1.29 is 15.0 Å². The Morgan fingerprint density at radius 1 is 1.33 bits per heavy atom. The largest absolute Gasteiger partial charge is 0.393 e. The van der Waals surface area contributed by atoms with Crippen LogP contribution in [0.3, 0.4) is 0 Å². The van der Waals surface area contributed by atoms with Crippen LogP contribution in [-0.4, -0.2) is 45.3 Å². The maximum absolute atomic E-state index is 13.3. The van der Waals surface area contributed by atoms with E-state index >= 15 is 0 Å². The Kier molecular flexibility index (Phi) is 1.79. The fourth-order valence-corrected chi connectivity index (χ4v) is 10.4. The molecule has 128 valence electrons. The van der Waals surface area contributed by atoms with Crippen LogP contribution in [0.15, 0.2) is 12.2 Å². The van der Waals surface area contributed by atoms with E-state index in [1.54, 1.807) is 0 Å². The second kappa shape index (κ2) is 3.19. The number of piperidine rings is 2. The Labute approximate surface area is 141 Å². The van der Waals surface area contributed by atoms with Gasteiger partial charge in [0.2, 0.25) is 0 Å². The number of ketones is 1. The zero-order chi connectivity index (χ0) is 16.4. The molecule has 3 saturated heterocycles. The summed E-state index contributed by atoms with van der Waals surface area (Å²) in [5.74, 6) is 1.30. The minimum atomic E-state index is -0.739. The van der Waals surface area contributed by atoms with E-state index in [0.29, 0.717) is 11.7 Å². The number of nitrogens with zero attached hydrogens (tertiary/aromatic N) is 1. The molecule has 0 aromatic carbocycles. The summed E-state index contributed by atoms with van der Waals surface area (Å²) in [6, 6.07) is 0.180. The number of allylic oxidation sites excluding steroid dienone is 1. The highest BCUT2D eigenvalue weighted by Crippen LogP contribution is 2.88. The molecule has 1 unspecified atom stereocenters. The summed E-state index contributed by atoms with van der Waals surface area (Å²) in [6.07, 6.45) is 3.97. The van der Waals surface area contributed by atoms with E-state index in [4.69, 9.17) is 0 Å². The summed E-state index contributed by atoms with van der Waals surface area (Å²) in [7, 11) is 0. The van der Waals surface area contributed by atoms with Crippen molar-refractivity contribution in [2.45, 2.75) is 56.9 Å². The Hall–Kier alpha value is -0.710. The van der Waals surface area contributed by atoms with Gasteiger partial charge in [-0.05, 0) is 48.9 Å². The molecule has 11 atom stereocenters. The predicted molar refractivity (Wildman–Crippen MR) is 85.6 cm³/mol. The van der Waals surface area contributed by atoms with Crippen molar-refractivity contribution in [3.05, 3.63) is 12.2 Å². The molecule has 3 heterocycles. The number of fused-ring (bicyclic) bond motifs is 1. The third-order valence-corrected chi connectivity index (χ3v) is 9.94. The normalized spacial score (nSPS) is 73.0. The van der Waals surface area contributed by atoms with Crippen LogP contribution < -0.4 is 0 Å². The van der Waals surface area contributed by atoms with Crippen LogP contribution in [0.5, 0.6) is 0 Å². The lowest BCUT2D eigenvalue weighted by Gasteiger charge is -2.64. The zero-order valence-electron chi connectivity index (χ0n) is 14.2. The van der Waals surface area contributed by atoms with Crippen LogP contribution in [0.1, 0.15) is 39.0 Å². The molecule has 2 spiro atoms. The first-order valence-corrected chi connectivity index (χ1v) is 9.67. The minimum absolute atomic E-state index is 0.00130. The lowest BCUT2D eigenvalue weighted by atomic mass is 9.40. The van der Waals surface area contributed by atoms with Gasteiger partial charge >= 0.3 is 0 Å². The molecule has 2 N–H and O–H groups in total. The van der Waals surface area contributed by atoms with Gasteiger partial charge in [-0.2, -0.15) is 0 Å². The number of hydrogen-bond acceptors (Lipinski definition) is 4. The number of hydrogen-bond donors (Lipinski definition) is 2. The predicted octanol–water partition coefficient (Wildman–Crippen LogP) is 1.32. The summed E-state index contributed by atoms with van der Waals surface area (Å²) >= 11 is 0. The molecule has 4 heteroatoms. The first-order chi connectivity index (χ1) is 11.3. The molecule has 9 fully saturated rings. The topological polar surface area (TPSA) is 60.8 Å². The van der Waals surface area contributed by atoms with E-state index < -0.39 is 5.72 Å². The second-order valence-electron chi connectivity index (χ2n) is 10.7. The molecule has 9 bridgehead atoms. The van der Waals surface area contributed by atoms with Gasteiger partial charge in [-0.25, -0.2) is 0 Å². The van der Waals surface area contributed by atoms with Gasteiger partial charge in [-0.3, -0.25) is 9.69 Å². The van der Waals surface area contributed by atoms with Crippen molar-refractivity contribution >= 4 is 5.78 Å². The molecule has 6 aliphatic carbocycles. The van der Waals surface area contributed by atoms with Crippen LogP contribution in [0.2, 0.25) is 0 Å². The smallest absolute Gasteiger partial charge is 0.145 e. The van der Waals surface area contributed by atoms with Crippen LogP contribution in [-0.2, 0) is 4.79 Å². The van der Waals surface area contributed by atoms with Crippen molar-refractivity contribution in [1.82, 2.24) is 4.90 Å². The summed E-state index contributed by atoms with van der Waals surface area (Å²) < 4.78 is 0. The number of carbonyl (C=O) groups is 1. The average Bonchev–Trinajstić information content (AvgIpc) is 2.80. The van der Waals surface area contributed by atoms with Gasteiger partial charge in [0.1, 0.15) is 11.5 Å². The van der Waals surface area contributed by atoms with Crippen LogP contribution >= 0.6 is 0 Å². The van der Waals surface area contributed by atoms with E-state index in [1.165, 1.54) is 0 Å². The Morgan fingerprint density at radius 3 is 2.92 bits per heavy atom. The summed E-state index contributed by atoms with van der Waals surface area (Å²) in [4.78, 5) is 15.6. The molecular weight excluding hydrogens is 302 g/mol. The highest BCUT2D eigenvalue weighted by atomic mass is 16.3. The number of aliphatic hydroxyl groups excluding tert-OH is 1. The third kappa shape index (κ3) is 0.926. The lowest BCUT2D eigenvalue weighted by molar-refractivity contribution is -0.223. The molecule has 0 aromatic rings. The highest BCUT2D eigenvalue weighted by Gasteiger charge is 2.92. The SMILES string of the molecule is C=C1C[C@@]23C[C@@]4(O)[C@@H]5[C@]6(C)C[C@H](O)C[C@@]57[C@@H]2C[C@@H]1C(=O)[C@@H]3[C@H]7N4C6. The minimum Gasteiger partial charge on any atom is -0.393 e. The number of aliphatic hydroxyl groups is 2. The average molecular weight is 327 g/mol. The quantitative estimate of drug-likeness (QED) is 0.659. The summed E-state index contributed by atoms with van der Waals surface area (Å²) in [6.45, 7) is 7.38. The first-order valence-electron chi connectivity index (χ1n) is 9.67. The second-order valence-corrected chi connectivity index (χ2v) is 10.7. The first kappa shape index (κ1) is 13.5.